The molecule has 0 saturated carbocycles. The van der Waals surface area contributed by atoms with Gasteiger partial charge in [0.2, 0.25) is 0 Å². The molecule has 0 aromatic heterocycles. The number of para-hydroxylation sites is 1. The normalized spacial score (nSPS) is 10.5. The quantitative estimate of drug-likeness (QED) is 0.716. The second-order valence-electron chi connectivity index (χ2n) is 5.91. The zero-order valence-corrected chi connectivity index (χ0v) is 15.8. The first-order valence-corrected chi connectivity index (χ1v) is 8.75. The summed E-state index contributed by atoms with van der Waals surface area (Å²) in [6, 6.07) is 15.8. The fraction of sp³-hybridized carbons (Fsp3) is 0.316. The predicted molar refractivity (Wildman–Crippen MR) is 106 cm³/mol. The van der Waals surface area contributed by atoms with E-state index in [1.165, 1.54) is 5.56 Å². The Kier molecular flexibility index (Phi) is 6.88. The van der Waals surface area contributed by atoms with Crippen molar-refractivity contribution in [3.05, 3.63) is 59.1 Å². The minimum absolute atomic E-state index is 0.508. The molecule has 24 heavy (non-hydrogen) atoms. The zero-order chi connectivity index (χ0) is 17.5. The number of ether oxygens (including phenoxy) is 1. The van der Waals surface area contributed by atoms with Crippen molar-refractivity contribution in [3.8, 4) is 5.75 Å². The van der Waals surface area contributed by atoms with Crippen LogP contribution in [0.3, 0.4) is 0 Å². The van der Waals surface area contributed by atoms with E-state index in [1.54, 1.807) is 0 Å². The largest absolute Gasteiger partial charge is 0.490 e. The number of thiocarbonyl (C=S) groups is 1. The molecule has 3 nitrogen and oxygen atoms in total. The van der Waals surface area contributed by atoms with Crippen LogP contribution in [0.2, 0.25) is 5.02 Å². The van der Waals surface area contributed by atoms with E-state index in [0.29, 0.717) is 35.0 Å². The summed E-state index contributed by atoms with van der Waals surface area (Å²) in [4.78, 5) is 1.95. The highest BCUT2D eigenvalue weighted by atomic mass is 35.5. The van der Waals surface area contributed by atoms with Gasteiger partial charge in [0.25, 0.3) is 0 Å². The fourth-order valence-electron chi connectivity index (χ4n) is 2.13. The van der Waals surface area contributed by atoms with Crippen molar-refractivity contribution in [1.82, 2.24) is 4.90 Å². The zero-order valence-electron chi connectivity index (χ0n) is 14.3. The molecule has 1 N–H and O–H groups in total. The molecule has 0 fully saturated rings. The molecule has 0 bridgehead atoms. The summed E-state index contributed by atoms with van der Waals surface area (Å²) in [5.41, 5.74) is 2.30. The van der Waals surface area contributed by atoms with Gasteiger partial charge in [0.1, 0.15) is 12.4 Å². The number of rotatable bonds is 6. The van der Waals surface area contributed by atoms with Crippen molar-refractivity contribution in [1.29, 1.82) is 0 Å². The van der Waals surface area contributed by atoms with Crippen molar-refractivity contribution in [2.75, 3.05) is 25.5 Å². The standard InChI is InChI=1S/C19H23ClN2OS/c1-14(2)15-8-10-16(11-9-15)21-19(24)22(3)12-13-23-18-7-5-4-6-17(18)20/h4-11,14H,12-13H2,1-3H3,(H,21,24). The van der Waals surface area contributed by atoms with Gasteiger partial charge < -0.3 is 15.0 Å². The summed E-state index contributed by atoms with van der Waals surface area (Å²) in [6.07, 6.45) is 0. The maximum absolute atomic E-state index is 6.07. The van der Waals surface area contributed by atoms with E-state index >= 15 is 0 Å². The topological polar surface area (TPSA) is 24.5 Å². The highest BCUT2D eigenvalue weighted by molar-refractivity contribution is 7.80. The molecular weight excluding hydrogens is 340 g/mol. The third-order valence-corrected chi connectivity index (χ3v) is 4.42. The van der Waals surface area contributed by atoms with Gasteiger partial charge in [-0.2, -0.15) is 0 Å². The van der Waals surface area contributed by atoms with E-state index in [2.05, 4.69) is 43.4 Å². The third-order valence-electron chi connectivity index (χ3n) is 3.70. The molecule has 0 amide bonds. The van der Waals surface area contributed by atoms with Crippen molar-refractivity contribution < 1.29 is 4.74 Å². The molecular formula is C19H23ClN2OS. The number of hydrogen-bond donors (Lipinski definition) is 1. The van der Waals surface area contributed by atoms with Gasteiger partial charge in [0.15, 0.2) is 5.11 Å². The Bertz CT molecular complexity index is 673. The monoisotopic (exact) mass is 362 g/mol. The van der Waals surface area contributed by atoms with Gasteiger partial charge in [0.05, 0.1) is 11.6 Å². The van der Waals surface area contributed by atoms with Crippen LogP contribution in [0.15, 0.2) is 48.5 Å². The highest BCUT2D eigenvalue weighted by Crippen LogP contribution is 2.23. The first kappa shape index (κ1) is 18.6. The lowest BCUT2D eigenvalue weighted by Crippen LogP contribution is -2.34. The molecule has 0 unspecified atom stereocenters. The number of halogens is 1. The molecule has 2 aromatic carbocycles. The maximum atomic E-state index is 6.07. The van der Waals surface area contributed by atoms with Gasteiger partial charge in [0, 0.05) is 12.7 Å². The molecule has 0 heterocycles. The average Bonchev–Trinajstić information content (AvgIpc) is 2.57. The summed E-state index contributed by atoms with van der Waals surface area (Å²) < 4.78 is 5.69. The molecule has 0 aliphatic rings. The van der Waals surface area contributed by atoms with Crippen LogP contribution >= 0.6 is 23.8 Å². The maximum Gasteiger partial charge on any atom is 0.173 e. The average molecular weight is 363 g/mol. The Labute approximate surface area is 154 Å². The van der Waals surface area contributed by atoms with Crippen LogP contribution in [-0.2, 0) is 0 Å². The highest BCUT2D eigenvalue weighted by Gasteiger charge is 2.06. The van der Waals surface area contributed by atoms with Crippen LogP contribution in [0, 0.1) is 0 Å². The molecule has 0 atom stereocenters. The van der Waals surface area contributed by atoms with Crippen LogP contribution in [0.5, 0.6) is 5.75 Å². The van der Waals surface area contributed by atoms with Gasteiger partial charge in [-0.1, -0.05) is 49.7 Å². The first-order valence-electron chi connectivity index (χ1n) is 7.97. The summed E-state index contributed by atoms with van der Waals surface area (Å²) in [5, 5.41) is 4.52. The molecule has 2 aromatic rings. The molecule has 0 aliphatic carbocycles. The number of likely N-dealkylation sites (N-methyl/N-ethyl adjacent to an activating group) is 1. The lowest BCUT2D eigenvalue weighted by Gasteiger charge is -2.21. The van der Waals surface area contributed by atoms with E-state index in [0.717, 1.165) is 5.69 Å². The van der Waals surface area contributed by atoms with Gasteiger partial charge in [-0.25, -0.2) is 0 Å². The third kappa shape index (κ3) is 5.39. The second-order valence-corrected chi connectivity index (χ2v) is 6.70. The molecule has 128 valence electrons. The summed E-state index contributed by atoms with van der Waals surface area (Å²) in [5.74, 6) is 1.21. The molecule has 2 rings (SSSR count). The Morgan fingerprint density at radius 3 is 2.46 bits per heavy atom. The Balaban J connectivity index is 1.80. The Hall–Kier alpha value is -1.78. The number of anilines is 1. The number of nitrogens with one attached hydrogen (secondary N) is 1. The van der Waals surface area contributed by atoms with Crippen LogP contribution in [0.4, 0.5) is 5.69 Å². The van der Waals surface area contributed by atoms with Crippen LogP contribution in [0.25, 0.3) is 0 Å². The summed E-state index contributed by atoms with van der Waals surface area (Å²) >= 11 is 11.5. The minimum Gasteiger partial charge on any atom is -0.490 e. The molecule has 0 saturated heterocycles. The van der Waals surface area contributed by atoms with E-state index in [4.69, 9.17) is 28.6 Å². The molecule has 0 radical (unpaired) electrons. The Morgan fingerprint density at radius 1 is 1.17 bits per heavy atom. The number of benzene rings is 2. The lowest BCUT2D eigenvalue weighted by atomic mass is 10.0. The van der Waals surface area contributed by atoms with E-state index in [-0.39, 0.29) is 0 Å². The van der Waals surface area contributed by atoms with Crippen LogP contribution < -0.4 is 10.1 Å². The van der Waals surface area contributed by atoms with Crippen molar-refractivity contribution in [2.45, 2.75) is 19.8 Å². The minimum atomic E-state index is 0.508. The number of hydrogen-bond acceptors (Lipinski definition) is 2. The lowest BCUT2D eigenvalue weighted by molar-refractivity contribution is 0.285. The fourth-order valence-corrected chi connectivity index (χ4v) is 2.53. The summed E-state index contributed by atoms with van der Waals surface area (Å²) in [6.45, 7) is 5.54. The Morgan fingerprint density at radius 2 is 1.83 bits per heavy atom. The van der Waals surface area contributed by atoms with E-state index < -0.39 is 0 Å². The SMILES string of the molecule is CC(C)c1ccc(NC(=S)N(C)CCOc2ccccc2Cl)cc1. The van der Waals surface area contributed by atoms with E-state index in [1.807, 2.05) is 36.2 Å². The van der Waals surface area contributed by atoms with Crippen molar-refractivity contribution in [3.63, 3.8) is 0 Å². The van der Waals surface area contributed by atoms with Crippen molar-refractivity contribution >= 4 is 34.6 Å². The van der Waals surface area contributed by atoms with Gasteiger partial charge in [-0.3, -0.25) is 0 Å². The van der Waals surface area contributed by atoms with Crippen LogP contribution in [-0.4, -0.2) is 30.2 Å². The second kappa shape index (κ2) is 8.90. The molecule has 5 heteroatoms. The van der Waals surface area contributed by atoms with Crippen LogP contribution in [0.1, 0.15) is 25.3 Å². The molecule has 0 aliphatic heterocycles. The first-order chi connectivity index (χ1) is 11.5. The van der Waals surface area contributed by atoms with Gasteiger partial charge >= 0.3 is 0 Å². The van der Waals surface area contributed by atoms with Gasteiger partial charge in [-0.05, 0) is 48.0 Å². The van der Waals surface area contributed by atoms with E-state index in [9.17, 15) is 0 Å². The summed E-state index contributed by atoms with van der Waals surface area (Å²) in [7, 11) is 1.94. The van der Waals surface area contributed by atoms with Gasteiger partial charge in [-0.15, -0.1) is 0 Å². The predicted octanol–water partition coefficient (Wildman–Crippen LogP) is 5.17. The number of nitrogens with zero attached hydrogens (tertiary/aromatic N) is 1. The van der Waals surface area contributed by atoms with Crippen molar-refractivity contribution in [2.24, 2.45) is 0 Å². The molecule has 0 spiro atoms. The smallest absolute Gasteiger partial charge is 0.173 e.